The minimum absolute atomic E-state index is 0.0437. The van der Waals surface area contributed by atoms with E-state index in [0.717, 1.165) is 41.2 Å². The summed E-state index contributed by atoms with van der Waals surface area (Å²) in [6, 6.07) is 4.04. The van der Waals surface area contributed by atoms with Gasteiger partial charge < -0.3 is 5.32 Å². The van der Waals surface area contributed by atoms with Crippen LogP contribution in [0.5, 0.6) is 0 Å². The highest BCUT2D eigenvalue weighted by molar-refractivity contribution is 6.32. The maximum atomic E-state index is 14.1. The van der Waals surface area contributed by atoms with E-state index in [-0.39, 0.29) is 22.1 Å². The third-order valence-corrected chi connectivity index (χ3v) is 4.65. The monoisotopic (exact) mass is 444 g/mol. The Hall–Kier alpha value is -3.01. The number of hydrogen-bond acceptors (Lipinski definition) is 4. The minimum Gasteiger partial charge on any atom is -0.375 e. The third-order valence-electron chi connectivity index (χ3n) is 4.28. The number of aromatic nitrogens is 3. The fourth-order valence-electron chi connectivity index (χ4n) is 2.74. The van der Waals surface area contributed by atoms with Crippen LogP contribution in [0.3, 0.4) is 0 Å². The number of halogens is 6. The van der Waals surface area contributed by atoms with E-state index in [2.05, 4.69) is 15.4 Å². The lowest BCUT2D eigenvalue weighted by atomic mass is 10.0. The molecule has 1 N–H and O–H groups in total. The summed E-state index contributed by atoms with van der Waals surface area (Å²) < 4.78 is 66.3. The largest absolute Gasteiger partial charge is 0.417 e. The number of nitrogens with zero attached hydrogens (tertiary/aromatic N) is 3. The molecule has 0 aliphatic carbocycles. The van der Waals surface area contributed by atoms with Gasteiger partial charge in [0, 0.05) is 11.8 Å². The summed E-state index contributed by atoms with van der Waals surface area (Å²) in [4.78, 5) is 16.1. The number of nitrogens with one attached hydrogen (secondary N) is 1. The van der Waals surface area contributed by atoms with Crippen LogP contribution >= 0.6 is 11.6 Å². The summed E-state index contributed by atoms with van der Waals surface area (Å²) in [5.74, 6) is -1.42. The Balaban J connectivity index is 1.93. The zero-order chi connectivity index (χ0) is 22.1. The van der Waals surface area contributed by atoms with Crippen LogP contribution in [0.25, 0.3) is 5.82 Å². The van der Waals surface area contributed by atoms with E-state index in [0.29, 0.717) is 12.6 Å². The van der Waals surface area contributed by atoms with Crippen molar-refractivity contribution in [2.24, 2.45) is 0 Å². The number of pyridine rings is 1. The van der Waals surface area contributed by atoms with Crippen molar-refractivity contribution < 1.29 is 22.0 Å². The molecule has 0 fully saturated rings. The van der Waals surface area contributed by atoms with Crippen molar-refractivity contribution in [3.63, 3.8) is 0 Å². The van der Waals surface area contributed by atoms with Crippen molar-refractivity contribution in [1.29, 1.82) is 0 Å². The molecule has 11 heteroatoms. The second-order valence-corrected chi connectivity index (χ2v) is 6.64. The van der Waals surface area contributed by atoms with E-state index in [1.807, 2.05) is 0 Å². The Labute approximate surface area is 172 Å². The second kappa shape index (κ2) is 8.39. The average Bonchev–Trinajstić information content (AvgIpc) is 2.71. The van der Waals surface area contributed by atoms with Gasteiger partial charge in [-0.3, -0.25) is 4.79 Å². The van der Waals surface area contributed by atoms with Crippen LogP contribution in [0.2, 0.25) is 5.02 Å². The molecular weight excluding hydrogens is 431 g/mol. The number of hydrogen-bond donors (Lipinski definition) is 1. The first kappa shape index (κ1) is 21.7. The van der Waals surface area contributed by atoms with Gasteiger partial charge in [-0.15, -0.1) is 0 Å². The van der Waals surface area contributed by atoms with E-state index in [1.54, 1.807) is 6.92 Å². The van der Waals surface area contributed by atoms with E-state index >= 15 is 0 Å². The van der Waals surface area contributed by atoms with Gasteiger partial charge in [-0.05, 0) is 36.8 Å². The first-order valence-corrected chi connectivity index (χ1v) is 9.02. The van der Waals surface area contributed by atoms with Crippen molar-refractivity contribution in [3.8, 4) is 5.82 Å². The summed E-state index contributed by atoms with van der Waals surface area (Å²) in [6.45, 7) is 1.72. The van der Waals surface area contributed by atoms with E-state index in [9.17, 15) is 26.7 Å². The van der Waals surface area contributed by atoms with Crippen molar-refractivity contribution in [2.75, 3.05) is 5.32 Å². The lowest BCUT2D eigenvalue weighted by molar-refractivity contribution is -0.137. The Morgan fingerprint density at radius 2 is 1.90 bits per heavy atom. The average molecular weight is 445 g/mol. The Morgan fingerprint density at radius 3 is 2.50 bits per heavy atom. The predicted octanol–water partition coefficient (Wildman–Crippen LogP) is 5.14. The Morgan fingerprint density at radius 1 is 1.17 bits per heavy atom. The van der Waals surface area contributed by atoms with Crippen molar-refractivity contribution in [3.05, 3.63) is 80.9 Å². The molecule has 3 aromatic rings. The molecule has 2 aromatic heterocycles. The summed E-state index contributed by atoms with van der Waals surface area (Å²) in [5.41, 5.74) is -1.72. The molecule has 3 rings (SSSR count). The van der Waals surface area contributed by atoms with Crippen LogP contribution in [0.1, 0.15) is 30.5 Å². The topological polar surface area (TPSA) is 59.8 Å². The van der Waals surface area contributed by atoms with E-state index in [4.69, 9.17) is 11.6 Å². The Kier molecular flexibility index (Phi) is 6.06. The highest BCUT2D eigenvalue weighted by Gasteiger charge is 2.30. The molecule has 0 saturated heterocycles. The van der Waals surface area contributed by atoms with Crippen LogP contribution in [0, 0.1) is 11.6 Å². The van der Waals surface area contributed by atoms with Gasteiger partial charge >= 0.3 is 6.18 Å². The zero-order valence-corrected chi connectivity index (χ0v) is 16.1. The smallest absolute Gasteiger partial charge is 0.375 e. The maximum absolute atomic E-state index is 14.1. The van der Waals surface area contributed by atoms with Gasteiger partial charge in [0.15, 0.2) is 5.82 Å². The van der Waals surface area contributed by atoms with Gasteiger partial charge in [-0.2, -0.15) is 23.0 Å². The first-order chi connectivity index (χ1) is 14.1. The molecule has 0 radical (unpaired) electrons. The van der Waals surface area contributed by atoms with Crippen LogP contribution in [-0.4, -0.2) is 14.8 Å². The van der Waals surface area contributed by atoms with Crippen molar-refractivity contribution in [1.82, 2.24) is 14.8 Å². The molecule has 30 heavy (non-hydrogen) atoms. The fraction of sp³-hybridized carbons (Fsp3) is 0.211. The summed E-state index contributed by atoms with van der Waals surface area (Å²) in [7, 11) is 0. The number of benzene rings is 1. The molecule has 158 valence electrons. The number of anilines is 1. The molecule has 5 nitrogen and oxygen atoms in total. The highest BCUT2D eigenvalue weighted by Crippen LogP contribution is 2.29. The maximum Gasteiger partial charge on any atom is 0.417 e. The van der Waals surface area contributed by atoms with Gasteiger partial charge in [0.05, 0.1) is 23.5 Å². The number of alkyl halides is 3. The molecule has 0 amide bonds. The molecular formula is C19H14ClF5N4O. The summed E-state index contributed by atoms with van der Waals surface area (Å²) in [6.07, 6.45) is -2.51. The molecule has 1 unspecified atom stereocenters. The predicted molar refractivity (Wildman–Crippen MR) is 101 cm³/mol. The molecule has 0 spiro atoms. The summed E-state index contributed by atoms with van der Waals surface area (Å²) >= 11 is 6.10. The molecule has 2 heterocycles. The fourth-order valence-corrected chi connectivity index (χ4v) is 2.93. The molecule has 1 aromatic carbocycles. The SMILES string of the molecule is CCC(Nc1cnn(-c2ccc(C(F)(F)F)cn2)c(=O)c1Cl)c1cc(F)ccc1F. The molecule has 0 bridgehead atoms. The van der Waals surface area contributed by atoms with E-state index in [1.165, 1.54) is 0 Å². The van der Waals surface area contributed by atoms with Crippen LogP contribution in [0.15, 0.2) is 47.5 Å². The van der Waals surface area contributed by atoms with E-state index < -0.39 is 35.0 Å². The van der Waals surface area contributed by atoms with Gasteiger partial charge in [-0.25, -0.2) is 13.8 Å². The quantitative estimate of drug-likeness (QED) is 0.553. The van der Waals surface area contributed by atoms with Crippen LogP contribution < -0.4 is 10.9 Å². The van der Waals surface area contributed by atoms with Crippen molar-refractivity contribution >= 4 is 17.3 Å². The van der Waals surface area contributed by atoms with Gasteiger partial charge in [0.1, 0.15) is 16.7 Å². The Bertz CT molecular complexity index is 1120. The molecule has 1 atom stereocenters. The standard InChI is InChI=1S/C19H14ClF5N4O/c1-2-14(12-7-11(21)4-5-13(12)22)28-15-9-27-29(18(30)17(15)20)16-6-3-10(8-26-16)19(23,24)25/h3-9,14,28H,2H2,1H3. The molecule has 0 saturated carbocycles. The second-order valence-electron chi connectivity index (χ2n) is 6.26. The lowest BCUT2D eigenvalue weighted by Crippen LogP contribution is -2.24. The lowest BCUT2D eigenvalue weighted by Gasteiger charge is -2.20. The minimum atomic E-state index is -4.57. The van der Waals surface area contributed by atoms with Crippen LogP contribution in [0.4, 0.5) is 27.6 Å². The highest BCUT2D eigenvalue weighted by atomic mass is 35.5. The molecule has 0 aliphatic rings. The van der Waals surface area contributed by atoms with Gasteiger partial charge in [0.25, 0.3) is 5.56 Å². The normalized spacial score (nSPS) is 12.6. The number of rotatable bonds is 5. The van der Waals surface area contributed by atoms with Gasteiger partial charge in [0.2, 0.25) is 0 Å². The van der Waals surface area contributed by atoms with Crippen LogP contribution in [-0.2, 0) is 6.18 Å². The molecule has 0 aliphatic heterocycles. The van der Waals surface area contributed by atoms with Gasteiger partial charge in [-0.1, -0.05) is 18.5 Å². The zero-order valence-electron chi connectivity index (χ0n) is 15.3. The summed E-state index contributed by atoms with van der Waals surface area (Å²) in [5, 5.41) is 6.38. The third kappa shape index (κ3) is 4.43. The van der Waals surface area contributed by atoms with Crippen molar-refractivity contribution in [2.45, 2.75) is 25.6 Å². The first-order valence-electron chi connectivity index (χ1n) is 8.64.